The normalized spacial score (nSPS) is 23.2. The highest BCUT2D eigenvalue weighted by Gasteiger charge is 2.46. The number of rotatable bonds is 5. The van der Waals surface area contributed by atoms with Gasteiger partial charge >= 0.3 is 6.18 Å². The van der Waals surface area contributed by atoms with Crippen molar-refractivity contribution >= 4 is 11.8 Å². The molecule has 3 rings (SSSR count). The lowest BCUT2D eigenvalue weighted by Gasteiger charge is -2.34. The summed E-state index contributed by atoms with van der Waals surface area (Å²) in [4.78, 5) is 28.1. The second-order valence-corrected chi connectivity index (χ2v) is 7.12. The summed E-state index contributed by atoms with van der Waals surface area (Å²) in [7, 11) is 0. The van der Waals surface area contributed by atoms with Gasteiger partial charge in [-0.15, -0.1) is 0 Å². The predicted octanol–water partition coefficient (Wildman–Crippen LogP) is 2.09. The number of hydrogen-bond donors (Lipinski definition) is 1. The first kappa shape index (κ1) is 19.7. The van der Waals surface area contributed by atoms with Crippen molar-refractivity contribution in [2.45, 2.75) is 25.4 Å². The topological polar surface area (TPSA) is 52.7 Å². The first-order valence-electron chi connectivity index (χ1n) is 9.24. The number of halogens is 3. The fourth-order valence-electron chi connectivity index (χ4n) is 3.57. The van der Waals surface area contributed by atoms with Gasteiger partial charge in [0.05, 0.1) is 12.1 Å². The molecule has 1 aromatic rings. The molecule has 1 saturated heterocycles. The molecule has 1 N–H and O–H groups in total. The van der Waals surface area contributed by atoms with Crippen molar-refractivity contribution in [3.8, 4) is 0 Å². The van der Waals surface area contributed by atoms with E-state index >= 15 is 0 Å². The molecule has 1 heterocycles. The summed E-state index contributed by atoms with van der Waals surface area (Å²) in [6.07, 6.45) is -3.66. The molecule has 2 amide bonds. The van der Waals surface area contributed by atoms with Crippen LogP contribution in [0.5, 0.6) is 0 Å². The van der Waals surface area contributed by atoms with Crippen LogP contribution in [0.3, 0.4) is 0 Å². The van der Waals surface area contributed by atoms with Crippen molar-refractivity contribution in [1.29, 1.82) is 0 Å². The molecule has 0 bridgehead atoms. The van der Waals surface area contributed by atoms with Gasteiger partial charge in [0.15, 0.2) is 0 Å². The monoisotopic (exact) mass is 383 g/mol. The molecule has 8 heteroatoms. The van der Waals surface area contributed by atoms with Crippen LogP contribution in [0.1, 0.15) is 30.4 Å². The van der Waals surface area contributed by atoms with E-state index < -0.39 is 11.7 Å². The van der Waals surface area contributed by atoms with Crippen LogP contribution < -0.4 is 5.32 Å². The van der Waals surface area contributed by atoms with Crippen LogP contribution in [0.2, 0.25) is 0 Å². The number of nitrogens with zero attached hydrogens (tertiary/aromatic N) is 2. The van der Waals surface area contributed by atoms with Crippen molar-refractivity contribution in [2.24, 2.45) is 5.92 Å². The fraction of sp³-hybridized carbons (Fsp3) is 0.579. The van der Waals surface area contributed by atoms with Crippen molar-refractivity contribution < 1.29 is 22.8 Å². The number of benzene rings is 1. The molecular weight excluding hydrogens is 359 g/mol. The molecule has 0 radical (unpaired) electrons. The lowest BCUT2D eigenvalue weighted by Crippen LogP contribution is -2.51. The third-order valence-corrected chi connectivity index (χ3v) is 5.20. The third-order valence-electron chi connectivity index (χ3n) is 5.20. The van der Waals surface area contributed by atoms with Crippen molar-refractivity contribution in [2.75, 3.05) is 39.3 Å². The zero-order chi connectivity index (χ0) is 19.6. The summed E-state index contributed by atoms with van der Waals surface area (Å²) >= 11 is 0. The molecule has 27 heavy (non-hydrogen) atoms. The van der Waals surface area contributed by atoms with Crippen molar-refractivity contribution in [1.82, 2.24) is 15.1 Å². The Bertz CT molecular complexity index is 682. The maximum atomic E-state index is 12.6. The molecule has 1 aliphatic heterocycles. The van der Waals surface area contributed by atoms with E-state index in [1.54, 1.807) is 0 Å². The van der Waals surface area contributed by atoms with E-state index in [2.05, 4.69) is 5.32 Å². The first-order chi connectivity index (χ1) is 12.8. The Balaban J connectivity index is 1.48. The summed E-state index contributed by atoms with van der Waals surface area (Å²) in [5, 5.41) is 2.76. The Morgan fingerprint density at radius 2 is 1.74 bits per heavy atom. The van der Waals surface area contributed by atoms with E-state index in [0.29, 0.717) is 45.7 Å². The van der Waals surface area contributed by atoms with Crippen LogP contribution >= 0.6 is 0 Å². The SMILES string of the molecule is CCNC(=O)CN1CCN(C(=O)C2CC2c2ccc(C(F)(F)F)cc2)CC1. The van der Waals surface area contributed by atoms with Crippen LogP contribution in [0.15, 0.2) is 24.3 Å². The number of nitrogens with one attached hydrogen (secondary N) is 1. The largest absolute Gasteiger partial charge is 0.416 e. The number of carbonyl (C=O) groups excluding carboxylic acids is 2. The van der Waals surface area contributed by atoms with Crippen LogP contribution in [0.25, 0.3) is 0 Å². The molecular formula is C19H24F3N3O2. The zero-order valence-electron chi connectivity index (χ0n) is 15.3. The van der Waals surface area contributed by atoms with Crippen LogP contribution in [0, 0.1) is 5.92 Å². The van der Waals surface area contributed by atoms with E-state index in [9.17, 15) is 22.8 Å². The van der Waals surface area contributed by atoms with Gasteiger partial charge in [0.25, 0.3) is 0 Å². The van der Waals surface area contributed by atoms with Gasteiger partial charge in [0.1, 0.15) is 0 Å². The van der Waals surface area contributed by atoms with E-state index in [1.807, 2.05) is 16.7 Å². The minimum Gasteiger partial charge on any atom is -0.355 e. The maximum absolute atomic E-state index is 12.6. The van der Waals surface area contributed by atoms with Gasteiger partial charge in [-0.05, 0) is 37.0 Å². The number of alkyl halides is 3. The van der Waals surface area contributed by atoms with E-state index in [4.69, 9.17) is 0 Å². The minimum atomic E-state index is -4.34. The lowest BCUT2D eigenvalue weighted by molar-refractivity contribution is -0.138. The number of likely N-dealkylation sites (N-methyl/N-ethyl adjacent to an activating group) is 1. The molecule has 1 aromatic carbocycles. The highest BCUT2D eigenvalue weighted by molar-refractivity contribution is 5.83. The second kappa shape index (κ2) is 7.88. The number of piperazine rings is 1. The first-order valence-corrected chi connectivity index (χ1v) is 9.24. The number of amides is 2. The minimum absolute atomic E-state index is 0.00754. The highest BCUT2D eigenvalue weighted by Crippen LogP contribution is 2.49. The van der Waals surface area contributed by atoms with Gasteiger partial charge in [-0.25, -0.2) is 0 Å². The van der Waals surface area contributed by atoms with Gasteiger partial charge in [0, 0.05) is 38.6 Å². The molecule has 5 nitrogen and oxygen atoms in total. The van der Waals surface area contributed by atoms with Crippen LogP contribution in [-0.4, -0.2) is 60.9 Å². The van der Waals surface area contributed by atoms with E-state index in [-0.39, 0.29) is 23.7 Å². The molecule has 2 unspecified atom stereocenters. The molecule has 2 atom stereocenters. The van der Waals surface area contributed by atoms with Gasteiger partial charge in [0.2, 0.25) is 11.8 Å². The molecule has 1 aliphatic carbocycles. The molecule has 2 aliphatic rings. The lowest BCUT2D eigenvalue weighted by atomic mass is 10.1. The van der Waals surface area contributed by atoms with Gasteiger partial charge in [-0.3, -0.25) is 14.5 Å². The third kappa shape index (κ3) is 4.80. The summed E-state index contributed by atoms with van der Waals surface area (Å²) in [6, 6.07) is 5.11. The Morgan fingerprint density at radius 3 is 2.30 bits per heavy atom. The zero-order valence-corrected chi connectivity index (χ0v) is 15.3. The molecule has 148 valence electrons. The average molecular weight is 383 g/mol. The molecule has 0 spiro atoms. The average Bonchev–Trinajstić information content (AvgIpc) is 3.42. The maximum Gasteiger partial charge on any atom is 0.416 e. The molecule has 1 saturated carbocycles. The van der Waals surface area contributed by atoms with E-state index in [1.165, 1.54) is 12.1 Å². The predicted molar refractivity (Wildman–Crippen MR) is 94.0 cm³/mol. The number of hydrogen-bond acceptors (Lipinski definition) is 3. The van der Waals surface area contributed by atoms with E-state index in [0.717, 1.165) is 17.7 Å². The molecule has 0 aromatic heterocycles. The summed E-state index contributed by atoms with van der Waals surface area (Å²) in [5.74, 6) is -0.0794. The van der Waals surface area contributed by atoms with Gasteiger partial charge in [-0.1, -0.05) is 12.1 Å². The van der Waals surface area contributed by atoms with Crippen molar-refractivity contribution in [3.05, 3.63) is 35.4 Å². The summed E-state index contributed by atoms with van der Waals surface area (Å²) in [6.45, 7) is 5.28. The number of carbonyl (C=O) groups is 2. The van der Waals surface area contributed by atoms with Crippen molar-refractivity contribution in [3.63, 3.8) is 0 Å². The van der Waals surface area contributed by atoms with Gasteiger partial charge < -0.3 is 10.2 Å². The Labute approximate surface area is 156 Å². The quantitative estimate of drug-likeness (QED) is 0.847. The Hall–Kier alpha value is -2.09. The smallest absolute Gasteiger partial charge is 0.355 e. The molecule has 2 fully saturated rings. The summed E-state index contributed by atoms with van der Waals surface area (Å²) in [5.41, 5.74) is 0.120. The fourth-order valence-corrected chi connectivity index (χ4v) is 3.57. The Kier molecular flexibility index (Phi) is 5.74. The van der Waals surface area contributed by atoms with Gasteiger partial charge in [-0.2, -0.15) is 13.2 Å². The van der Waals surface area contributed by atoms with Crippen LogP contribution in [0.4, 0.5) is 13.2 Å². The Morgan fingerprint density at radius 1 is 1.11 bits per heavy atom. The standard InChI is InChI=1S/C19H24F3N3O2/c1-2-23-17(26)12-24-7-9-25(10-8-24)18(27)16-11-15(16)13-3-5-14(6-4-13)19(20,21)22/h3-6,15-16H,2,7-12H2,1H3,(H,23,26). The highest BCUT2D eigenvalue weighted by atomic mass is 19.4. The second-order valence-electron chi connectivity index (χ2n) is 7.12. The summed E-state index contributed by atoms with van der Waals surface area (Å²) < 4.78 is 37.9. The van der Waals surface area contributed by atoms with Crippen LogP contribution in [-0.2, 0) is 15.8 Å².